The standard InChI is InChI=1S/C10H20O4S/c1-9(2,3)6-7-15(13,14)10(4,5)8(11)12/h6-7H2,1-5H3,(H,11,12). The van der Waals surface area contributed by atoms with Crippen LogP contribution in [0.3, 0.4) is 0 Å². The van der Waals surface area contributed by atoms with E-state index in [9.17, 15) is 13.2 Å². The minimum absolute atomic E-state index is 0.0875. The summed E-state index contributed by atoms with van der Waals surface area (Å²) in [6.45, 7) is 8.24. The molecule has 0 aromatic carbocycles. The Labute approximate surface area is 91.6 Å². The van der Waals surface area contributed by atoms with Crippen LogP contribution in [0.2, 0.25) is 0 Å². The molecule has 1 N–H and O–H groups in total. The van der Waals surface area contributed by atoms with E-state index in [4.69, 9.17) is 5.11 Å². The van der Waals surface area contributed by atoms with Crippen LogP contribution in [0.4, 0.5) is 0 Å². The summed E-state index contributed by atoms with van der Waals surface area (Å²) < 4.78 is 21.8. The van der Waals surface area contributed by atoms with E-state index in [1.54, 1.807) is 0 Å². The second-order valence-electron chi connectivity index (χ2n) is 5.44. The summed E-state index contributed by atoms with van der Waals surface area (Å²) in [5.74, 6) is -1.38. The topological polar surface area (TPSA) is 71.4 Å². The quantitative estimate of drug-likeness (QED) is 0.806. The van der Waals surface area contributed by atoms with Gasteiger partial charge in [0.15, 0.2) is 14.6 Å². The number of carbonyl (C=O) groups is 1. The number of carboxylic acids is 1. The number of hydrogen-bond donors (Lipinski definition) is 1. The Hall–Kier alpha value is -0.580. The maximum absolute atomic E-state index is 11.8. The first-order valence-corrected chi connectivity index (χ1v) is 6.51. The van der Waals surface area contributed by atoms with E-state index in [1.807, 2.05) is 20.8 Å². The third-order valence-corrected chi connectivity index (χ3v) is 4.88. The summed E-state index contributed by atoms with van der Waals surface area (Å²) in [5, 5.41) is 8.83. The van der Waals surface area contributed by atoms with Crippen molar-refractivity contribution >= 4 is 15.8 Å². The predicted molar refractivity (Wildman–Crippen MR) is 59.6 cm³/mol. The monoisotopic (exact) mass is 236 g/mol. The largest absolute Gasteiger partial charge is 0.480 e. The third-order valence-electron chi connectivity index (χ3n) is 2.41. The molecule has 0 aromatic rings. The Morgan fingerprint density at radius 3 is 1.80 bits per heavy atom. The molecule has 0 amide bonds. The van der Waals surface area contributed by atoms with Crippen molar-refractivity contribution in [3.05, 3.63) is 0 Å². The molecule has 0 radical (unpaired) electrons. The zero-order valence-electron chi connectivity index (χ0n) is 9.99. The molecule has 0 rings (SSSR count). The van der Waals surface area contributed by atoms with Gasteiger partial charge in [-0.2, -0.15) is 0 Å². The van der Waals surface area contributed by atoms with Gasteiger partial charge in [-0.3, -0.25) is 4.79 Å². The van der Waals surface area contributed by atoms with Crippen molar-refractivity contribution in [2.45, 2.75) is 45.8 Å². The van der Waals surface area contributed by atoms with Crippen LogP contribution in [-0.2, 0) is 14.6 Å². The molecule has 4 nitrogen and oxygen atoms in total. The van der Waals surface area contributed by atoms with Crippen LogP contribution in [0.15, 0.2) is 0 Å². The fourth-order valence-corrected chi connectivity index (χ4v) is 2.49. The molecular weight excluding hydrogens is 216 g/mol. The Kier molecular flexibility index (Phi) is 3.96. The van der Waals surface area contributed by atoms with Gasteiger partial charge in [-0.05, 0) is 25.7 Å². The van der Waals surface area contributed by atoms with Crippen LogP contribution in [0, 0.1) is 5.41 Å². The highest BCUT2D eigenvalue weighted by Crippen LogP contribution is 2.24. The van der Waals surface area contributed by atoms with Gasteiger partial charge >= 0.3 is 5.97 Å². The van der Waals surface area contributed by atoms with Gasteiger partial charge in [0.1, 0.15) is 0 Å². The summed E-state index contributed by atoms with van der Waals surface area (Å²) in [6, 6.07) is 0. The van der Waals surface area contributed by atoms with Crippen LogP contribution in [0.5, 0.6) is 0 Å². The smallest absolute Gasteiger partial charge is 0.324 e. The van der Waals surface area contributed by atoms with E-state index >= 15 is 0 Å². The average Bonchev–Trinajstić information content (AvgIpc) is 1.99. The highest BCUT2D eigenvalue weighted by Gasteiger charge is 2.41. The average molecular weight is 236 g/mol. The molecule has 5 heteroatoms. The summed E-state index contributed by atoms with van der Waals surface area (Å²) in [5.41, 5.74) is -0.109. The van der Waals surface area contributed by atoms with Crippen LogP contribution < -0.4 is 0 Å². The van der Waals surface area contributed by atoms with E-state index in [1.165, 1.54) is 13.8 Å². The van der Waals surface area contributed by atoms with E-state index < -0.39 is 20.6 Å². The van der Waals surface area contributed by atoms with Crippen LogP contribution in [0.25, 0.3) is 0 Å². The molecular formula is C10H20O4S. The SMILES string of the molecule is CC(C)(C)CCS(=O)(=O)C(C)(C)C(=O)O. The zero-order valence-corrected chi connectivity index (χ0v) is 10.8. The Bertz CT molecular complexity index is 333. The minimum Gasteiger partial charge on any atom is -0.480 e. The maximum atomic E-state index is 11.8. The molecule has 0 aliphatic heterocycles. The van der Waals surface area contributed by atoms with Crippen LogP contribution >= 0.6 is 0 Å². The molecule has 0 bridgehead atoms. The van der Waals surface area contributed by atoms with Gasteiger partial charge in [0.2, 0.25) is 0 Å². The number of hydrogen-bond acceptors (Lipinski definition) is 3. The molecule has 0 aromatic heterocycles. The molecule has 0 atom stereocenters. The minimum atomic E-state index is -3.59. The Morgan fingerprint density at radius 2 is 1.53 bits per heavy atom. The highest BCUT2D eigenvalue weighted by atomic mass is 32.2. The fraction of sp³-hybridized carbons (Fsp3) is 0.900. The molecule has 0 spiro atoms. The van der Waals surface area contributed by atoms with Gasteiger partial charge in [0, 0.05) is 0 Å². The molecule has 90 valence electrons. The van der Waals surface area contributed by atoms with Crippen molar-refractivity contribution < 1.29 is 18.3 Å². The van der Waals surface area contributed by atoms with E-state index in [2.05, 4.69) is 0 Å². The van der Waals surface area contributed by atoms with Gasteiger partial charge in [-0.25, -0.2) is 8.42 Å². The van der Waals surface area contributed by atoms with Crippen molar-refractivity contribution in [3.63, 3.8) is 0 Å². The Morgan fingerprint density at radius 1 is 1.13 bits per heavy atom. The molecule has 0 saturated carbocycles. The van der Waals surface area contributed by atoms with Crippen molar-refractivity contribution in [3.8, 4) is 0 Å². The number of sulfone groups is 1. The lowest BCUT2D eigenvalue weighted by molar-refractivity contribution is -0.139. The third kappa shape index (κ3) is 3.81. The Balaban J connectivity index is 4.80. The van der Waals surface area contributed by atoms with Gasteiger partial charge in [0.25, 0.3) is 0 Å². The van der Waals surface area contributed by atoms with Crippen molar-refractivity contribution in [1.82, 2.24) is 0 Å². The van der Waals surface area contributed by atoms with Crippen molar-refractivity contribution in [2.75, 3.05) is 5.75 Å². The second kappa shape index (κ2) is 4.12. The lowest BCUT2D eigenvalue weighted by Crippen LogP contribution is -2.42. The zero-order chi connectivity index (χ0) is 12.5. The van der Waals surface area contributed by atoms with Crippen molar-refractivity contribution in [1.29, 1.82) is 0 Å². The van der Waals surface area contributed by atoms with Gasteiger partial charge in [0.05, 0.1) is 5.75 Å². The first-order valence-electron chi connectivity index (χ1n) is 4.86. The predicted octanol–water partition coefficient (Wildman–Crippen LogP) is 1.70. The maximum Gasteiger partial charge on any atom is 0.324 e. The van der Waals surface area contributed by atoms with E-state index in [-0.39, 0.29) is 11.2 Å². The first kappa shape index (κ1) is 14.4. The van der Waals surface area contributed by atoms with E-state index in [0.29, 0.717) is 6.42 Å². The van der Waals surface area contributed by atoms with Gasteiger partial charge in [-0.1, -0.05) is 20.8 Å². The summed E-state index contributed by atoms with van der Waals surface area (Å²) in [6.07, 6.45) is 0.464. The lowest BCUT2D eigenvalue weighted by atomic mass is 9.94. The second-order valence-corrected chi connectivity index (χ2v) is 8.10. The van der Waals surface area contributed by atoms with Gasteiger partial charge in [-0.15, -0.1) is 0 Å². The van der Waals surface area contributed by atoms with Gasteiger partial charge < -0.3 is 5.11 Å². The summed E-state index contributed by atoms with van der Waals surface area (Å²) in [4.78, 5) is 10.8. The molecule has 0 heterocycles. The number of aliphatic carboxylic acids is 1. The van der Waals surface area contributed by atoms with E-state index in [0.717, 1.165) is 0 Å². The molecule has 0 aliphatic rings. The molecule has 0 unspecified atom stereocenters. The molecule has 15 heavy (non-hydrogen) atoms. The number of rotatable bonds is 4. The van der Waals surface area contributed by atoms with Crippen LogP contribution in [-0.4, -0.2) is 30.0 Å². The molecule has 0 aliphatic carbocycles. The first-order chi connectivity index (χ1) is 6.40. The van der Waals surface area contributed by atoms with Crippen molar-refractivity contribution in [2.24, 2.45) is 5.41 Å². The highest BCUT2D eigenvalue weighted by molar-refractivity contribution is 7.93. The lowest BCUT2D eigenvalue weighted by Gasteiger charge is -2.23. The van der Waals surface area contributed by atoms with Crippen LogP contribution in [0.1, 0.15) is 41.0 Å². The molecule has 0 saturated heterocycles. The molecule has 0 fully saturated rings. The number of carboxylic acid groups (broad SMARTS) is 1. The summed E-state index contributed by atoms with van der Waals surface area (Å²) >= 11 is 0. The summed E-state index contributed by atoms with van der Waals surface area (Å²) in [7, 11) is -3.59. The fourth-order valence-electron chi connectivity index (χ4n) is 0.829. The normalized spacial score (nSPS) is 13.9.